The van der Waals surface area contributed by atoms with E-state index in [2.05, 4.69) is 35.3 Å². The number of nitrogens with zero attached hydrogens (tertiary/aromatic N) is 3. The molecule has 2 aromatic carbocycles. The lowest BCUT2D eigenvalue weighted by molar-refractivity contribution is 0.353. The molecule has 4 rings (SSSR count). The zero-order valence-corrected chi connectivity index (χ0v) is 14.4. The topological polar surface area (TPSA) is 60.2 Å². The first-order valence-electron chi connectivity index (χ1n) is 8.70. The van der Waals surface area contributed by atoms with Gasteiger partial charge in [0.1, 0.15) is 11.6 Å². The van der Waals surface area contributed by atoms with Gasteiger partial charge in [0, 0.05) is 32.6 Å². The summed E-state index contributed by atoms with van der Waals surface area (Å²) in [6.45, 7) is 5.87. The Bertz CT molecular complexity index is 851. The number of nitrogens with one attached hydrogen (secondary N) is 1. The summed E-state index contributed by atoms with van der Waals surface area (Å²) in [4.78, 5) is 12.0. The molecule has 0 spiro atoms. The molecule has 2 heterocycles. The average molecular weight is 334 g/mol. The third-order valence-electron chi connectivity index (χ3n) is 4.68. The molecule has 2 aliphatic rings. The van der Waals surface area contributed by atoms with Crippen molar-refractivity contribution in [3.8, 4) is 5.75 Å². The quantitative estimate of drug-likeness (QED) is 0.843. The first-order chi connectivity index (χ1) is 12.2. The fraction of sp³-hybridized carbons (Fsp3) is 0.300. The van der Waals surface area contributed by atoms with E-state index in [0.717, 1.165) is 44.1 Å². The van der Waals surface area contributed by atoms with Gasteiger partial charge in [-0.15, -0.1) is 0 Å². The lowest BCUT2D eigenvalue weighted by Crippen LogP contribution is -2.47. The third-order valence-corrected chi connectivity index (χ3v) is 4.68. The number of aliphatic imine (C=N–C) groups is 2. The molecule has 2 aromatic rings. The molecule has 5 nitrogen and oxygen atoms in total. The Morgan fingerprint density at radius 2 is 1.84 bits per heavy atom. The molecule has 0 amide bonds. The largest absolute Gasteiger partial charge is 0.507 e. The number of phenols is 1. The van der Waals surface area contributed by atoms with Gasteiger partial charge < -0.3 is 15.3 Å². The standard InChI is InChI=1S/C20H22N4O/c1-14-6-7-15-13-19(24-10-8-21-9-11-24)23-20(22-17(15)12-14)16-4-2-3-5-18(16)25/h2-7,12,21,25H,8-11,13H2,1H3. The van der Waals surface area contributed by atoms with Crippen molar-refractivity contribution in [1.82, 2.24) is 10.2 Å². The summed E-state index contributed by atoms with van der Waals surface area (Å²) in [5.74, 6) is 1.81. The number of fused-ring (bicyclic) bond motifs is 1. The summed E-state index contributed by atoms with van der Waals surface area (Å²) in [7, 11) is 0. The summed E-state index contributed by atoms with van der Waals surface area (Å²) >= 11 is 0. The summed E-state index contributed by atoms with van der Waals surface area (Å²) < 4.78 is 0. The van der Waals surface area contributed by atoms with Crippen molar-refractivity contribution in [2.24, 2.45) is 9.98 Å². The van der Waals surface area contributed by atoms with E-state index in [4.69, 9.17) is 9.98 Å². The van der Waals surface area contributed by atoms with Crippen LogP contribution in [0.1, 0.15) is 16.7 Å². The van der Waals surface area contributed by atoms with E-state index in [-0.39, 0.29) is 5.75 Å². The zero-order chi connectivity index (χ0) is 17.2. The number of benzene rings is 2. The number of aromatic hydroxyl groups is 1. The Hall–Kier alpha value is -2.66. The molecular formula is C20H22N4O. The zero-order valence-electron chi connectivity index (χ0n) is 14.4. The Morgan fingerprint density at radius 1 is 1.04 bits per heavy atom. The highest BCUT2D eigenvalue weighted by atomic mass is 16.3. The smallest absolute Gasteiger partial charge is 0.165 e. The predicted octanol–water partition coefficient (Wildman–Crippen LogP) is 2.64. The van der Waals surface area contributed by atoms with Gasteiger partial charge in [-0.05, 0) is 36.2 Å². The second kappa shape index (κ2) is 6.69. The molecule has 5 heteroatoms. The second-order valence-corrected chi connectivity index (χ2v) is 6.53. The van der Waals surface area contributed by atoms with Crippen LogP contribution < -0.4 is 5.32 Å². The van der Waals surface area contributed by atoms with Crippen LogP contribution in [-0.4, -0.2) is 47.9 Å². The van der Waals surface area contributed by atoms with Crippen molar-refractivity contribution in [2.45, 2.75) is 13.3 Å². The lowest BCUT2D eigenvalue weighted by Gasteiger charge is -2.30. The van der Waals surface area contributed by atoms with Gasteiger partial charge in [-0.1, -0.05) is 24.3 Å². The molecule has 0 unspecified atom stereocenters. The highest BCUT2D eigenvalue weighted by Gasteiger charge is 2.21. The Kier molecular flexibility index (Phi) is 4.24. The first-order valence-corrected chi connectivity index (χ1v) is 8.70. The second-order valence-electron chi connectivity index (χ2n) is 6.53. The van der Waals surface area contributed by atoms with Gasteiger partial charge in [-0.3, -0.25) is 0 Å². The fourth-order valence-corrected chi connectivity index (χ4v) is 3.29. The molecule has 0 aromatic heterocycles. The first kappa shape index (κ1) is 15.8. The van der Waals surface area contributed by atoms with Crippen molar-refractivity contribution >= 4 is 17.4 Å². The summed E-state index contributed by atoms with van der Waals surface area (Å²) in [6.07, 6.45) is 0.760. The van der Waals surface area contributed by atoms with E-state index in [9.17, 15) is 5.11 Å². The normalized spacial score (nSPS) is 17.4. The maximum atomic E-state index is 10.3. The number of hydrogen-bond acceptors (Lipinski definition) is 5. The number of para-hydroxylation sites is 1. The van der Waals surface area contributed by atoms with Gasteiger partial charge >= 0.3 is 0 Å². The molecule has 0 aliphatic carbocycles. The molecule has 0 saturated carbocycles. The van der Waals surface area contributed by atoms with Gasteiger partial charge in [0.25, 0.3) is 0 Å². The van der Waals surface area contributed by atoms with E-state index < -0.39 is 0 Å². The minimum atomic E-state index is 0.209. The van der Waals surface area contributed by atoms with Crippen molar-refractivity contribution < 1.29 is 5.11 Å². The molecule has 2 N–H and O–H groups in total. The number of rotatable bonds is 1. The van der Waals surface area contributed by atoms with Crippen LogP contribution in [0.4, 0.5) is 5.69 Å². The van der Waals surface area contributed by atoms with Crippen LogP contribution in [0.3, 0.4) is 0 Å². The van der Waals surface area contributed by atoms with Crippen molar-refractivity contribution in [3.63, 3.8) is 0 Å². The summed E-state index contributed by atoms with van der Waals surface area (Å²) in [5, 5.41) is 13.7. The van der Waals surface area contributed by atoms with Crippen LogP contribution in [0.5, 0.6) is 5.75 Å². The molecular weight excluding hydrogens is 312 g/mol. The van der Waals surface area contributed by atoms with Gasteiger partial charge in [0.15, 0.2) is 5.84 Å². The van der Waals surface area contributed by atoms with E-state index in [0.29, 0.717) is 11.4 Å². The molecule has 25 heavy (non-hydrogen) atoms. The molecule has 2 aliphatic heterocycles. The van der Waals surface area contributed by atoms with Gasteiger partial charge in [-0.25, -0.2) is 9.98 Å². The fourth-order valence-electron chi connectivity index (χ4n) is 3.29. The Balaban J connectivity index is 1.83. The molecule has 128 valence electrons. The molecule has 0 radical (unpaired) electrons. The van der Waals surface area contributed by atoms with Gasteiger partial charge in [-0.2, -0.15) is 0 Å². The minimum Gasteiger partial charge on any atom is -0.507 e. The van der Waals surface area contributed by atoms with Crippen LogP contribution in [-0.2, 0) is 6.42 Å². The number of piperazine rings is 1. The Morgan fingerprint density at radius 3 is 2.64 bits per heavy atom. The predicted molar refractivity (Wildman–Crippen MR) is 101 cm³/mol. The Labute approximate surface area is 147 Å². The SMILES string of the molecule is Cc1ccc2c(c1)N=C(c1ccccc1O)N=C(N1CCNCC1)C2. The number of amidine groups is 2. The van der Waals surface area contributed by atoms with Crippen LogP contribution in [0.15, 0.2) is 52.4 Å². The molecule has 0 bridgehead atoms. The maximum Gasteiger partial charge on any atom is 0.165 e. The van der Waals surface area contributed by atoms with Gasteiger partial charge in [0.05, 0.1) is 11.3 Å². The lowest BCUT2D eigenvalue weighted by atomic mass is 10.1. The van der Waals surface area contributed by atoms with Crippen LogP contribution in [0.25, 0.3) is 0 Å². The number of phenolic OH excluding ortho intramolecular Hbond substituents is 1. The van der Waals surface area contributed by atoms with E-state index >= 15 is 0 Å². The molecule has 1 fully saturated rings. The van der Waals surface area contributed by atoms with Crippen LogP contribution in [0.2, 0.25) is 0 Å². The minimum absolute atomic E-state index is 0.209. The average Bonchev–Trinajstić information content (AvgIpc) is 2.82. The van der Waals surface area contributed by atoms with Crippen LogP contribution >= 0.6 is 0 Å². The highest BCUT2D eigenvalue weighted by Crippen LogP contribution is 2.28. The van der Waals surface area contributed by atoms with Crippen molar-refractivity contribution in [3.05, 3.63) is 59.2 Å². The van der Waals surface area contributed by atoms with E-state index in [1.54, 1.807) is 6.07 Å². The molecule has 0 atom stereocenters. The van der Waals surface area contributed by atoms with E-state index in [1.807, 2.05) is 18.2 Å². The van der Waals surface area contributed by atoms with Crippen LogP contribution in [0, 0.1) is 6.92 Å². The monoisotopic (exact) mass is 334 g/mol. The molecule has 1 saturated heterocycles. The summed E-state index contributed by atoms with van der Waals surface area (Å²) in [6, 6.07) is 13.6. The third kappa shape index (κ3) is 3.28. The van der Waals surface area contributed by atoms with Crippen molar-refractivity contribution in [1.29, 1.82) is 0 Å². The highest BCUT2D eigenvalue weighted by molar-refractivity contribution is 6.10. The van der Waals surface area contributed by atoms with Crippen molar-refractivity contribution in [2.75, 3.05) is 26.2 Å². The maximum absolute atomic E-state index is 10.3. The van der Waals surface area contributed by atoms with Gasteiger partial charge in [0.2, 0.25) is 0 Å². The summed E-state index contributed by atoms with van der Waals surface area (Å²) in [5.41, 5.74) is 3.95. The number of hydrogen-bond donors (Lipinski definition) is 2. The number of aryl methyl sites for hydroxylation is 1. The van der Waals surface area contributed by atoms with E-state index in [1.165, 1.54) is 11.1 Å².